The molecule has 1 aliphatic carbocycles. The molecule has 3 rings (SSSR count). The van der Waals surface area contributed by atoms with Crippen LogP contribution in [0.15, 0.2) is 0 Å². The number of nitrogens with zero attached hydrogens (tertiary/aromatic N) is 2. The Kier molecular flexibility index (Phi) is 6.26. The van der Waals surface area contributed by atoms with Gasteiger partial charge in [-0.15, -0.1) is 0 Å². The van der Waals surface area contributed by atoms with E-state index in [1.165, 1.54) is 71.2 Å². The lowest BCUT2D eigenvalue weighted by atomic mass is 9.61. The first kappa shape index (κ1) is 18.7. The van der Waals surface area contributed by atoms with Crippen molar-refractivity contribution >= 4 is 0 Å². The molecule has 3 fully saturated rings. The van der Waals surface area contributed by atoms with Crippen LogP contribution in [0, 0.1) is 17.3 Å². The van der Waals surface area contributed by atoms with Crippen molar-refractivity contribution in [1.29, 1.82) is 0 Å². The predicted molar refractivity (Wildman–Crippen MR) is 101 cm³/mol. The highest BCUT2D eigenvalue weighted by atomic mass is 16.5. The zero-order valence-electron chi connectivity index (χ0n) is 16.6. The SMILES string of the molecule is CCC(C)N1CC2(CC(OCCCN3CCC(C(C)C)CC3)C2)C1. The molecular weight excluding hydrogens is 296 g/mol. The second kappa shape index (κ2) is 8.05. The average Bonchev–Trinajstić information content (AvgIpc) is 2.51. The monoisotopic (exact) mass is 336 g/mol. The van der Waals surface area contributed by atoms with Gasteiger partial charge in [0.05, 0.1) is 6.10 Å². The summed E-state index contributed by atoms with van der Waals surface area (Å²) in [5, 5.41) is 0. The minimum atomic E-state index is 0.566. The summed E-state index contributed by atoms with van der Waals surface area (Å²) < 4.78 is 6.14. The van der Waals surface area contributed by atoms with E-state index in [9.17, 15) is 0 Å². The lowest BCUT2D eigenvalue weighted by molar-refractivity contribution is -0.160. The minimum absolute atomic E-state index is 0.566. The molecule has 2 aliphatic heterocycles. The summed E-state index contributed by atoms with van der Waals surface area (Å²) in [6.07, 6.45) is 8.50. The molecular formula is C21H40N2O. The molecule has 2 saturated heterocycles. The molecule has 0 aromatic carbocycles. The van der Waals surface area contributed by atoms with Gasteiger partial charge in [-0.1, -0.05) is 20.8 Å². The van der Waals surface area contributed by atoms with E-state index in [4.69, 9.17) is 4.74 Å². The lowest BCUT2D eigenvalue weighted by Crippen LogP contribution is -2.65. The Morgan fingerprint density at radius 1 is 1.08 bits per heavy atom. The molecule has 1 unspecified atom stereocenters. The summed E-state index contributed by atoms with van der Waals surface area (Å²) in [6.45, 7) is 16.9. The van der Waals surface area contributed by atoms with Gasteiger partial charge in [-0.3, -0.25) is 4.90 Å². The highest BCUT2D eigenvalue weighted by Gasteiger charge is 2.53. The molecule has 0 aromatic heterocycles. The van der Waals surface area contributed by atoms with E-state index in [1.807, 2.05) is 0 Å². The zero-order valence-corrected chi connectivity index (χ0v) is 16.6. The van der Waals surface area contributed by atoms with Gasteiger partial charge in [0.25, 0.3) is 0 Å². The lowest BCUT2D eigenvalue weighted by Gasteiger charge is -2.60. The fraction of sp³-hybridized carbons (Fsp3) is 1.00. The van der Waals surface area contributed by atoms with Crippen LogP contribution in [0.4, 0.5) is 0 Å². The molecule has 1 atom stereocenters. The molecule has 0 N–H and O–H groups in total. The van der Waals surface area contributed by atoms with E-state index in [0.717, 1.165) is 24.5 Å². The van der Waals surface area contributed by atoms with Gasteiger partial charge >= 0.3 is 0 Å². The Labute approximate surface area is 150 Å². The molecule has 1 saturated carbocycles. The van der Waals surface area contributed by atoms with Crippen LogP contribution >= 0.6 is 0 Å². The molecule has 3 aliphatic rings. The summed E-state index contributed by atoms with van der Waals surface area (Å²) in [4.78, 5) is 5.30. The third kappa shape index (κ3) is 4.34. The van der Waals surface area contributed by atoms with Gasteiger partial charge in [0.1, 0.15) is 0 Å². The predicted octanol–water partition coefficient (Wildman–Crippen LogP) is 4.02. The molecule has 0 bridgehead atoms. The number of hydrogen-bond donors (Lipinski definition) is 0. The normalized spacial score (nSPS) is 27.4. The smallest absolute Gasteiger partial charge is 0.0587 e. The van der Waals surface area contributed by atoms with Crippen LogP contribution in [-0.2, 0) is 4.74 Å². The molecule has 24 heavy (non-hydrogen) atoms. The standard InChI is InChI=1S/C21H40N2O/c1-5-18(4)23-15-21(16-23)13-20(14-21)24-12-6-9-22-10-7-19(8-11-22)17(2)3/h17-20H,5-16H2,1-4H3. The van der Waals surface area contributed by atoms with Crippen molar-refractivity contribution in [2.24, 2.45) is 17.3 Å². The molecule has 3 heteroatoms. The van der Waals surface area contributed by atoms with E-state index in [1.54, 1.807) is 0 Å². The van der Waals surface area contributed by atoms with Crippen molar-refractivity contribution in [1.82, 2.24) is 9.80 Å². The van der Waals surface area contributed by atoms with Gasteiger partial charge in [0.2, 0.25) is 0 Å². The molecule has 140 valence electrons. The van der Waals surface area contributed by atoms with E-state index in [2.05, 4.69) is 37.5 Å². The molecule has 1 spiro atoms. The topological polar surface area (TPSA) is 15.7 Å². The van der Waals surface area contributed by atoms with Crippen molar-refractivity contribution in [3.8, 4) is 0 Å². The summed E-state index contributed by atoms with van der Waals surface area (Å²) in [6, 6.07) is 0.774. The number of piperidine rings is 1. The Bertz CT molecular complexity index is 375. The van der Waals surface area contributed by atoms with Crippen LogP contribution in [0.1, 0.15) is 66.2 Å². The van der Waals surface area contributed by atoms with Crippen LogP contribution in [0.2, 0.25) is 0 Å². The van der Waals surface area contributed by atoms with Crippen LogP contribution in [0.3, 0.4) is 0 Å². The fourth-order valence-electron chi connectivity index (χ4n) is 5.05. The van der Waals surface area contributed by atoms with Crippen LogP contribution in [-0.4, -0.2) is 61.3 Å². The quantitative estimate of drug-likeness (QED) is 0.623. The van der Waals surface area contributed by atoms with Gasteiger partial charge in [-0.05, 0) is 70.4 Å². The third-order valence-corrected chi connectivity index (χ3v) is 7.16. The highest BCUT2D eigenvalue weighted by Crippen LogP contribution is 2.50. The molecule has 2 heterocycles. The average molecular weight is 337 g/mol. The van der Waals surface area contributed by atoms with Gasteiger partial charge in [0, 0.05) is 37.7 Å². The third-order valence-electron chi connectivity index (χ3n) is 7.16. The van der Waals surface area contributed by atoms with Crippen LogP contribution in [0.25, 0.3) is 0 Å². The second-order valence-electron chi connectivity index (χ2n) is 9.34. The molecule has 0 aromatic rings. The highest BCUT2D eigenvalue weighted by molar-refractivity contribution is 5.05. The molecule has 0 amide bonds. The first-order chi connectivity index (χ1) is 11.5. The number of likely N-dealkylation sites (tertiary alicyclic amines) is 2. The number of rotatable bonds is 8. The van der Waals surface area contributed by atoms with Crippen molar-refractivity contribution in [3.63, 3.8) is 0 Å². The Morgan fingerprint density at radius 3 is 2.33 bits per heavy atom. The summed E-state index contributed by atoms with van der Waals surface area (Å²) >= 11 is 0. The first-order valence-corrected chi connectivity index (χ1v) is 10.6. The van der Waals surface area contributed by atoms with E-state index >= 15 is 0 Å². The Morgan fingerprint density at radius 2 is 1.75 bits per heavy atom. The minimum Gasteiger partial charge on any atom is -0.378 e. The van der Waals surface area contributed by atoms with Crippen LogP contribution in [0.5, 0.6) is 0 Å². The summed E-state index contributed by atoms with van der Waals surface area (Å²) in [7, 11) is 0. The molecule has 0 radical (unpaired) electrons. The maximum atomic E-state index is 6.14. The van der Waals surface area contributed by atoms with Crippen molar-refractivity contribution in [2.45, 2.75) is 78.4 Å². The second-order valence-corrected chi connectivity index (χ2v) is 9.34. The maximum Gasteiger partial charge on any atom is 0.0587 e. The van der Waals surface area contributed by atoms with Gasteiger partial charge in [-0.25, -0.2) is 0 Å². The van der Waals surface area contributed by atoms with E-state index < -0.39 is 0 Å². The maximum absolute atomic E-state index is 6.14. The number of hydrogen-bond acceptors (Lipinski definition) is 3. The van der Waals surface area contributed by atoms with Gasteiger partial charge < -0.3 is 9.64 Å². The first-order valence-electron chi connectivity index (χ1n) is 10.6. The Balaban J connectivity index is 1.20. The number of ether oxygens (including phenoxy) is 1. The Hall–Kier alpha value is -0.120. The molecule has 3 nitrogen and oxygen atoms in total. The van der Waals surface area contributed by atoms with Crippen LogP contribution < -0.4 is 0 Å². The fourth-order valence-corrected chi connectivity index (χ4v) is 5.05. The van der Waals surface area contributed by atoms with E-state index in [-0.39, 0.29) is 0 Å². The summed E-state index contributed by atoms with van der Waals surface area (Å²) in [5.41, 5.74) is 0.646. The van der Waals surface area contributed by atoms with Crippen molar-refractivity contribution in [2.75, 3.05) is 39.3 Å². The van der Waals surface area contributed by atoms with Crippen molar-refractivity contribution < 1.29 is 4.74 Å². The zero-order chi connectivity index (χ0) is 17.2. The van der Waals surface area contributed by atoms with Crippen molar-refractivity contribution in [3.05, 3.63) is 0 Å². The van der Waals surface area contributed by atoms with Gasteiger partial charge in [0.15, 0.2) is 0 Å². The largest absolute Gasteiger partial charge is 0.378 e. The van der Waals surface area contributed by atoms with E-state index in [0.29, 0.717) is 11.5 Å². The summed E-state index contributed by atoms with van der Waals surface area (Å²) in [5.74, 6) is 1.82. The van der Waals surface area contributed by atoms with Gasteiger partial charge in [-0.2, -0.15) is 0 Å².